The van der Waals surface area contributed by atoms with Gasteiger partial charge in [0, 0.05) is 61.8 Å². The highest BCUT2D eigenvalue weighted by atomic mass is 16.3. The van der Waals surface area contributed by atoms with Crippen molar-refractivity contribution in [1.29, 1.82) is 0 Å². The molecule has 0 saturated carbocycles. The van der Waals surface area contributed by atoms with Crippen molar-refractivity contribution in [3.63, 3.8) is 0 Å². The first-order valence-corrected chi connectivity index (χ1v) is 14.1. The molecule has 0 aliphatic heterocycles. The van der Waals surface area contributed by atoms with Gasteiger partial charge in [-0.15, -0.1) is 0 Å². The van der Waals surface area contributed by atoms with Crippen molar-refractivity contribution >= 4 is 22.8 Å². The number of allylic oxidation sites excluding steroid dienone is 5. The number of anilines is 1. The van der Waals surface area contributed by atoms with Crippen molar-refractivity contribution in [2.24, 2.45) is 23.7 Å². The maximum atomic E-state index is 13.3. The highest BCUT2D eigenvalue weighted by Crippen LogP contribution is 2.47. The number of carbonyl (C=O) groups excluding carboxylic acids is 2. The normalized spacial score (nSPS) is 17.7. The van der Waals surface area contributed by atoms with Crippen LogP contribution in [-0.4, -0.2) is 63.1 Å². The van der Waals surface area contributed by atoms with E-state index in [9.17, 15) is 30.0 Å². The van der Waals surface area contributed by atoms with Gasteiger partial charge in [0.1, 0.15) is 23.0 Å². The summed E-state index contributed by atoms with van der Waals surface area (Å²) in [5.41, 5.74) is 0.0299. The van der Waals surface area contributed by atoms with Gasteiger partial charge in [-0.1, -0.05) is 55.4 Å². The Balaban J connectivity index is 2.01. The highest BCUT2D eigenvalue weighted by Gasteiger charge is 2.43. The average molecular weight is 553 g/mol. The second-order valence-corrected chi connectivity index (χ2v) is 12.5. The summed E-state index contributed by atoms with van der Waals surface area (Å²) < 4.78 is 0. The van der Waals surface area contributed by atoms with Crippen LogP contribution < -0.4 is 4.90 Å². The van der Waals surface area contributed by atoms with Gasteiger partial charge in [0.05, 0.1) is 22.3 Å². The molecule has 0 unspecified atom stereocenters. The minimum Gasteiger partial charge on any atom is -0.507 e. The first-order valence-electron chi connectivity index (χ1n) is 14.1. The fourth-order valence-corrected chi connectivity index (χ4v) is 5.26. The van der Waals surface area contributed by atoms with Gasteiger partial charge in [-0.25, -0.2) is 0 Å². The van der Waals surface area contributed by atoms with Gasteiger partial charge in [-0.2, -0.15) is 0 Å². The van der Waals surface area contributed by atoms with Gasteiger partial charge in [-0.05, 0) is 23.7 Å². The number of aromatic hydroxyl groups is 2. The summed E-state index contributed by atoms with van der Waals surface area (Å²) in [6, 6.07) is 2.93. The number of aliphatic hydroxyl groups is 2. The van der Waals surface area contributed by atoms with E-state index in [0.717, 1.165) is 0 Å². The van der Waals surface area contributed by atoms with Gasteiger partial charge >= 0.3 is 0 Å². The summed E-state index contributed by atoms with van der Waals surface area (Å²) in [4.78, 5) is 30.5. The van der Waals surface area contributed by atoms with Gasteiger partial charge in [0.25, 0.3) is 0 Å². The number of hydrogen-bond donors (Lipinski definition) is 4. The number of hydrogen-bond acceptors (Lipinski definition) is 8. The van der Waals surface area contributed by atoms with Crippen LogP contribution in [0.3, 0.4) is 0 Å². The number of aliphatic hydroxyl groups excluding tert-OH is 2. The first kappa shape index (κ1) is 30.9. The molecule has 0 bridgehead atoms. The van der Waals surface area contributed by atoms with Crippen LogP contribution in [0.25, 0.3) is 5.57 Å². The van der Waals surface area contributed by atoms with Crippen molar-refractivity contribution < 1.29 is 30.0 Å². The lowest BCUT2D eigenvalue weighted by molar-refractivity contribution is -0.114. The van der Waals surface area contributed by atoms with Crippen LogP contribution in [0.5, 0.6) is 11.5 Å². The van der Waals surface area contributed by atoms with Crippen molar-refractivity contribution in [2.75, 3.05) is 31.1 Å². The molecule has 0 amide bonds. The number of rotatable bonds is 11. The van der Waals surface area contributed by atoms with Crippen molar-refractivity contribution in [2.45, 2.75) is 55.4 Å². The largest absolute Gasteiger partial charge is 0.507 e. The number of phenolic OH excluding ortho intramolecular Hbond substituents is 2. The molecular formula is C32H44N2O6. The lowest BCUT2D eigenvalue weighted by Crippen LogP contribution is -2.33. The van der Waals surface area contributed by atoms with Crippen LogP contribution in [0.4, 0.5) is 5.69 Å². The minimum absolute atomic E-state index is 0.201. The maximum Gasteiger partial charge on any atom is 0.202 e. The molecule has 1 aromatic carbocycles. The molecule has 8 nitrogen and oxygen atoms in total. The molecule has 3 rings (SSSR count). The summed E-state index contributed by atoms with van der Waals surface area (Å²) in [6.07, 6.45) is 2.81. The van der Waals surface area contributed by atoms with Crippen molar-refractivity contribution in [3.8, 4) is 11.5 Å². The molecule has 0 saturated heterocycles. The Labute approximate surface area is 237 Å². The average Bonchev–Trinajstić information content (AvgIpc) is 2.81. The van der Waals surface area contributed by atoms with Gasteiger partial charge < -0.3 is 30.2 Å². The molecule has 0 aromatic heterocycles. The Morgan fingerprint density at radius 2 is 1.07 bits per heavy atom. The number of nitrogens with zero attached hydrogens (tertiary/aromatic N) is 2. The fraction of sp³-hybridized carbons (Fsp3) is 0.500. The van der Waals surface area contributed by atoms with E-state index in [4.69, 9.17) is 0 Å². The van der Waals surface area contributed by atoms with Crippen molar-refractivity contribution in [3.05, 3.63) is 58.2 Å². The van der Waals surface area contributed by atoms with Crippen LogP contribution in [-0.2, 0) is 9.59 Å². The SMILES string of the molecule is CC(C)CN(CC(C)C)C1=CC(=O)C(=C2C(=O)C(c3c(O)cc(N(CC(C)C)CC(C)C)cc3O)=C2O)C(O)=C1. The van der Waals surface area contributed by atoms with E-state index in [1.165, 1.54) is 24.3 Å². The van der Waals surface area contributed by atoms with Crippen LogP contribution in [0.15, 0.2) is 52.6 Å². The standard InChI is InChI=1S/C32H44N2O6/c1-17(2)13-33(14-18(3)4)21-9-23(35)27(24(36)10-21)29-31(39)30(32(29)40)28-25(37)11-22(12-26(28)38)34(15-19(5)6)16-20(7)8/h9-12,17-20,35-37,39H,13-16H2,1-8H3. The van der Waals surface area contributed by atoms with E-state index in [1.807, 2.05) is 4.90 Å². The maximum absolute atomic E-state index is 13.3. The third-order valence-electron chi connectivity index (χ3n) is 6.65. The number of phenols is 2. The fourth-order valence-electron chi connectivity index (χ4n) is 5.26. The van der Waals surface area contributed by atoms with E-state index >= 15 is 0 Å². The van der Waals surface area contributed by atoms with E-state index in [-0.39, 0.29) is 33.8 Å². The van der Waals surface area contributed by atoms with E-state index < -0.39 is 23.1 Å². The van der Waals surface area contributed by atoms with Crippen molar-refractivity contribution in [1.82, 2.24) is 4.90 Å². The Hall–Kier alpha value is -3.68. The molecule has 0 fully saturated rings. The Morgan fingerprint density at radius 1 is 0.625 bits per heavy atom. The molecular weight excluding hydrogens is 508 g/mol. The van der Waals surface area contributed by atoms with E-state index in [0.29, 0.717) is 61.2 Å². The third kappa shape index (κ3) is 6.54. The molecule has 40 heavy (non-hydrogen) atoms. The number of ketones is 2. The predicted octanol–water partition coefficient (Wildman–Crippen LogP) is 5.89. The topological polar surface area (TPSA) is 122 Å². The quantitative estimate of drug-likeness (QED) is 0.251. The summed E-state index contributed by atoms with van der Waals surface area (Å²) in [5, 5.41) is 43.4. The molecule has 0 radical (unpaired) electrons. The molecule has 0 atom stereocenters. The Bertz CT molecular complexity index is 1250. The zero-order valence-electron chi connectivity index (χ0n) is 24.9. The molecule has 0 spiro atoms. The van der Waals surface area contributed by atoms with Crippen LogP contribution in [0.2, 0.25) is 0 Å². The first-order chi connectivity index (χ1) is 18.6. The molecule has 0 heterocycles. The zero-order valence-corrected chi connectivity index (χ0v) is 24.9. The summed E-state index contributed by atoms with van der Waals surface area (Å²) in [7, 11) is 0. The minimum atomic E-state index is -0.738. The summed E-state index contributed by atoms with van der Waals surface area (Å²) in [6.45, 7) is 19.3. The molecule has 4 N–H and O–H groups in total. The molecule has 8 heteroatoms. The highest BCUT2D eigenvalue weighted by molar-refractivity contribution is 6.42. The smallest absolute Gasteiger partial charge is 0.202 e. The van der Waals surface area contributed by atoms with Crippen LogP contribution in [0.1, 0.15) is 61.0 Å². The predicted molar refractivity (Wildman–Crippen MR) is 158 cm³/mol. The third-order valence-corrected chi connectivity index (χ3v) is 6.65. The van der Waals surface area contributed by atoms with Crippen LogP contribution >= 0.6 is 0 Å². The van der Waals surface area contributed by atoms with Gasteiger partial charge in [0.2, 0.25) is 5.78 Å². The van der Waals surface area contributed by atoms with E-state index in [2.05, 4.69) is 60.3 Å². The van der Waals surface area contributed by atoms with Gasteiger partial charge in [-0.3, -0.25) is 9.59 Å². The molecule has 1 aromatic rings. The number of Topliss-reactive ketones (excluding diaryl/α,β-unsaturated/α-hetero) is 1. The van der Waals surface area contributed by atoms with Gasteiger partial charge in [0.15, 0.2) is 5.78 Å². The monoisotopic (exact) mass is 552 g/mol. The zero-order chi connectivity index (χ0) is 30.0. The summed E-state index contributed by atoms with van der Waals surface area (Å²) in [5.74, 6) is -1.69. The molecule has 2 aliphatic carbocycles. The van der Waals surface area contributed by atoms with Crippen LogP contribution in [0, 0.1) is 23.7 Å². The second-order valence-electron chi connectivity index (χ2n) is 12.5. The number of benzene rings is 1. The molecule has 2 aliphatic rings. The lowest BCUT2D eigenvalue weighted by atomic mass is 9.78. The number of carbonyl (C=O) groups is 2. The van der Waals surface area contributed by atoms with E-state index in [1.54, 1.807) is 0 Å². The summed E-state index contributed by atoms with van der Waals surface area (Å²) >= 11 is 0. The second kappa shape index (κ2) is 12.2. The molecule has 218 valence electrons. The lowest BCUT2D eigenvalue weighted by Gasteiger charge is -2.32. The Morgan fingerprint density at radius 3 is 1.48 bits per heavy atom. The Kier molecular flexibility index (Phi) is 9.44.